The number of carbonyl (C=O) groups excluding carboxylic acids is 2. The van der Waals surface area contributed by atoms with E-state index in [1.165, 1.54) is 0 Å². The van der Waals surface area contributed by atoms with E-state index in [0.29, 0.717) is 12.2 Å². The Hall–Kier alpha value is -2.41. The number of rotatable bonds is 3. The topological polar surface area (TPSA) is 90.1 Å². The fourth-order valence-electron chi connectivity index (χ4n) is 2.88. The van der Waals surface area contributed by atoms with Gasteiger partial charge in [-0.3, -0.25) is 14.7 Å². The minimum atomic E-state index is -0.585. The number of hydrogen-bond donors (Lipinski definition) is 3. The Morgan fingerprint density at radius 2 is 2.17 bits per heavy atom. The molecule has 3 rings (SSSR count). The number of amides is 2. The van der Waals surface area contributed by atoms with Crippen molar-refractivity contribution in [1.82, 2.24) is 25.7 Å². The Morgan fingerprint density at radius 3 is 2.96 bits per heavy atom. The zero-order chi connectivity index (χ0) is 16.4. The average Bonchev–Trinajstić information content (AvgIpc) is 2.98. The van der Waals surface area contributed by atoms with Gasteiger partial charge in [0.05, 0.1) is 5.52 Å². The quantitative estimate of drug-likeness (QED) is 0.769. The third-order valence-electron chi connectivity index (χ3n) is 4.19. The summed E-state index contributed by atoms with van der Waals surface area (Å²) in [6.07, 6.45) is 0. The third-order valence-corrected chi connectivity index (χ3v) is 4.19. The van der Waals surface area contributed by atoms with Crippen molar-refractivity contribution in [1.29, 1.82) is 0 Å². The monoisotopic (exact) mass is 315 g/mol. The lowest BCUT2D eigenvalue weighted by Crippen LogP contribution is -2.57. The summed E-state index contributed by atoms with van der Waals surface area (Å²) in [5, 5.41) is 13.6. The van der Waals surface area contributed by atoms with E-state index in [1.807, 2.05) is 36.1 Å². The van der Waals surface area contributed by atoms with Gasteiger partial charge in [0.15, 0.2) is 5.69 Å². The molecule has 1 unspecified atom stereocenters. The lowest BCUT2D eigenvalue weighted by molar-refractivity contribution is -0.135. The molecule has 0 saturated carbocycles. The van der Waals surface area contributed by atoms with Gasteiger partial charge in [-0.1, -0.05) is 18.2 Å². The van der Waals surface area contributed by atoms with E-state index in [2.05, 4.69) is 20.8 Å². The Bertz CT molecular complexity index is 726. The van der Waals surface area contributed by atoms with E-state index in [4.69, 9.17) is 0 Å². The molecule has 2 heterocycles. The largest absolute Gasteiger partial charge is 0.339 e. The van der Waals surface area contributed by atoms with Crippen LogP contribution >= 0.6 is 0 Å². The molecule has 2 atom stereocenters. The molecule has 1 aliphatic rings. The molecule has 122 valence electrons. The molecule has 3 N–H and O–H groups in total. The molecule has 7 heteroatoms. The number of nitrogens with zero attached hydrogens (tertiary/aromatic N) is 2. The van der Waals surface area contributed by atoms with Gasteiger partial charge in [0, 0.05) is 31.1 Å². The highest BCUT2D eigenvalue weighted by Gasteiger charge is 2.28. The van der Waals surface area contributed by atoms with Crippen LogP contribution in [0.2, 0.25) is 0 Å². The lowest BCUT2D eigenvalue weighted by atomic mass is 10.1. The van der Waals surface area contributed by atoms with Crippen LogP contribution in [0.25, 0.3) is 10.9 Å². The fraction of sp³-hybridized carbons (Fsp3) is 0.438. The zero-order valence-corrected chi connectivity index (χ0v) is 13.3. The summed E-state index contributed by atoms with van der Waals surface area (Å²) in [5.74, 6) is -0.404. The fourth-order valence-corrected chi connectivity index (χ4v) is 2.88. The number of para-hydroxylation sites is 1. The second-order valence-corrected chi connectivity index (χ2v) is 5.90. The molecule has 7 nitrogen and oxygen atoms in total. The number of aromatic nitrogens is 2. The molecule has 0 bridgehead atoms. The van der Waals surface area contributed by atoms with Gasteiger partial charge in [0.25, 0.3) is 5.91 Å². The number of piperazine rings is 1. The maximum absolute atomic E-state index is 12.5. The highest BCUT2D eigenvalue weighted by molar-refractivity contribution is 6.05. The smallest absolute Gasteiger partial charge is 0.273 e. The van der Waals surface area contributed by atoms with Crippen LogP contribution in [0.3, 0.4) is 0 Å². The maximum atomic E-state index is 12.5. The van der Waals surface area contributed by atoms with Crippen LogP contribution in [0.15, 0.2) is 24.3 Å². The molecule has 23 heavy (non-hydrogen) atoms. The van der Waals surface area contributed by atoms with Gasteiger partial charge >= 0.3 is 0 Å². The number of hydrogen-bond acceptors (Lipinski definition) is 4. The van der Waals surface area contributed by atoms with Crippen LogP contribution in [0.5, 0.6) is 0 Å². The first-order valence-corrected chi connectivity index (χ1v) is 7.83. The minimum Gasteiger partial charge on any atom is -0.339 e. The molecule has 0 radical (unpaired) electrons. The summed E-state index contributed by atoms with van der Waals surface area (Å²) >= 11 is 0. The molecule has 1 saturated heterocycles. The second kappa shape index (κ2) is 6.37. The second-order valence-electron chi connectivity index (χ2n) is 5.90. The predicted octanol–water partition coefficient (Wildman–Crippen LogP) is 0.502. The molecule has 1 aromatic carbocycles. The van der Waals surface area contributed by atoms with E-state index >= 15 is 0 Å². The van der Waals surface area contributed by atoms with Gasteiger partial charge in [-0.25, -0.2) is 0 Å². The normalized spacial score (nSPS) is 19.6. The van der Waals surface area contributed by atoms with Crippen molar-refractivity contribution in [3.8, 4) is 0 Å². The van der Waals surface area contributed by atoms with Gasteiger partial charge in [-0.15, -0.1) is 0 Å². The van der Waals surface area contributed by atoms with E-state index in [1.54, 1.807) is 6.92 Å². The summed E-state index contributed by atoms with van der Waals surface area (Å²) in [7, 11) is 0. The van der Waals surface area contributed by atoms with Crippen LogP contribution < -0.4 is 10.6 Å². The number of aromatic amines is 1. The van der Waals surface area contributed by atoms with Crippen LogP contribution in [-0.4, -0.2) is 58.6 Å². The van der Waals surface area contributed by atoms with Crippen molar-refractivity contribution < 1.29 is 9.59 Å². The Kier molecular flexibility index (Phi) is 4.29. The van der Waals surface area contributed by atoms with Crippen molar-refractivity contribution in [2.45, 2.75) is 25.9 Å². The summed E-state index contributed by atoms with van der Waals surface area (Å²) < 4.78 is 0. The zero-order valence-electron chi connectivity index (χ0n) is 13.3. The summed E-state index contributed by atoms with van der Waals surface area (Å²) in [6, 6.07) is 6.96. The predicted molar refractivity (Wildman–Crippen MR) is 87.1 cm³/mol. The van der Waals surface area contributed by atoms with Crippen LogP contribution in [-0.2, 0) is 4.79 Å². The molecule has 2 aromatic rings. The first-order chi connectivity index (χ1) is 11.1. The number of fused-ring (bicyclic) bond motifs is 1. The molecule has 1 aliphatic heterocycles. The lowest BCUT2D eigenvalue weighted by Gasteiger charge is -2.35. The molecule has 1 aromatic heterocycles. The van der Waals surface area contributed by atoms with E-state index in [-0.39, 0.29) is 17.9 Å². The van der Waals surface area contributed by atoms with Crippen molar-refractivity contribution >= 4 is 22.7 Å². The summed E-state index contributed by atoms with van der Waals surface area (Å²) in [5.41, 5.74) is 1.11. The Morgan fingerprint density at radius 1 is 1.39 bits per heavy atom. The maximum Gasteiger partial charge on any atom is 0.273 e. The standard InChI is InChI=1S/C16H21N5O2/c1-10-9-17-7-8-21(10)16(23)11(2)18-15(22)14-12-5-3-4-6-13(12)19-20-14/h3-6,10-11,17H,7-9H2,1-2H3,(H,18,22)(H,19,20)/t10-,11?/m0/s1. The highest BCUT2D eigenvalue weighted by atomic mass is 16.2. The van der Waals surface area contributed by atoms with Crippen molar-refractivity contribution in [2.24, 2.45) is 0 Å². The number of carbonyl (C=O) groups is 2. The molecular formula is C16H21N5O2. The minimum absolute atomic E-state index is 0.0628. The Labute approximate surface area is 134 Å². The first kappa shape index (κ1) is 15.5. The van der Waals surface area contributed by atoms with E-state index < -0.39 is 6.04 Å². The number of H-pyrrole nitrogens is 1. The summed E-state index contributed by atoms with van der Waals surface area (Å²) in [4.78, 5) is 26.8. The molecule has 1 fully saturated rings. The van der Waals surface area contributed by atoms with Gasteiger partial charge in [0.2, 0.25) is 5.91 Å². The summed E-state index contributed by atoms with van der Waals surface area (Å²) in [6.45, 7) is 5.92. The molecular weight excluding hydrogens is 294 g/mol. The Balaban J connectivity index is 1.70. The van der Waals surface area contributed by atoms with Crippen LogP contribution in [0.4, 0.5) is 0 Å². The average molecular weight is 315 g/mol. The van der Waals surface area contributed by atoms with Crippen LogP contribution in [0.1, 0.15) is 24.3 Å². The van der Waals surface area contributed by atoms with E-state index in [0.717, 1.165) is 24.0 Å². The molecule has 0 spiro atoms. The van der Waals surface area contributed by atoms with Crippen molar-refractivity contribution in [3.63, 3.8) is 0 Å². The number of nitrogens with one attached hydrogen (secondary N) is 3. The molecule has 0 aliphatic carbocycles. The third kappa shape index (κ3) is 3.05. The number of benzene rings is 1. The highest BCUT2D eigenvalue weighted by Crippen LogP contribution is 2.15. The van der Waals surface area contributed by atoms with E-state index in [9.17, 15) is 9.59 Å². The van der Waals surface area contributed by atoms with Gasteiger partial charge < -0.3 is 15.5 Å². The van der Waals surface area contributed by atoms with Crippen molar-refractivity contribution in [2.75, 3.05) is 19.6 Å². The van der Waals surface area contributed by atoms with Crippen LogP contribution in [0, 0.1) is 0 Å². The van der Waals surface area contributed by atoms with Gasteiger partial charge in [-0.05, 0) is 19.9 Å². The first-order valence-electron chi connectivity index (χ1n) is 7.83. The van der Waals surface area contributed by atoms with Gasteiger partial charge in [-0.2, -0.15) is 5.10 Å². The van der Waals surface area contributed by atoms with Gasteiger partial charge in [0.1, 0.15) is 6.04 Å². The SMILES string of the molecule is CC(NC(=O)c1n[nH]c2ccccc12)C(=O)N1CCNC[C@@H]1C. The van der Waals surface area contributed by atoms with Crippen molar-refractivity contribution in [3.05, 3.63) is 30.0 Å². The molecule has 2 amide bonds.